The van der Waals surface area contributed by atoms with Crippen molar-refractivity contribution in [3.8, 4) is 0 Å². The van der Waals surface area contributed by atoms with Crippen LogP contribution in [-0.4, -0.2) is 4.98 Å². The Morgan fingerprint density at radius 2 is 2.00 bits per heavy atom. The van der Waals surface area contributed by atoms with Crippen LogP contribution in [0.3, 0.4) is 0 Å². The Morgan fingerprint density at radius 1 is 1.27 bits per heavy atom. The first-order valence-corrected chi connectivity index (χ1v) is 5.15. The average molecular weight is 370 g/mol. The smallest absolute Gasteiger partial charge is 0.0285 e. The van der Waals surface area contributed by atoms with Crippen LogP contribution in [0.5, 0.6) is 0 Å². The van der Waals surface area contributed by atoms with E-state index in [9.17, 15) is 0 Å². The Labute approximate surface area is 106 Å². The number of aromatic nitrogens is 1. The third-order valence-corrected chi connectivity index (χ3v) is 1.99. The van der Waals surface area contributed by atoms with E-state index in [0.717, 1.165) is 12.1 Å². The van der Waals surface area contributed by atoms with E-state index in [-0.39, 0.29) is 21.1 Å². The maximum atomic E-state index is 4.31. The van der Waals surface area contributed by atoms with E-state index in [1.165, 1.54) is 10.8 Å². The molecule has 0 amide bonds. The summed E-state index contributed by atoms with van der Waals surface area (Å²) >= 11 is 0. The van der Waals surface area contributed by atoms with E-state index < -0.39 is 0 Å². The van der Waals surface area contributed by atoms with Gasteiger partial charge in [0.15, 0.2) is 0 Å². The Balaban J connectivity index is 0.000000617. The minimum absolute atomic E-state index is 0. The van der Waals surface area contributed by atoms with E-state index in [1.54, 1.807) is 0 Å². The molecule has 2 heteroatoms. The summed E-state index contributed by atoms with van der Waals surface area (Å²) in [7, 11) is 0. The minimum atomic E-state index is 0. The van der Waals surface area contributed by atoms with Gasteiger partial charge in [0.25, 0.3) is 0 Å². The first-order valence-electron chi connectivity index (χ1n) is 5.15. The van der Waals surface area contributed by atoms with Crippen molar-refractivity contribution in [3.05, 3.63) is 42.2 Å². The van der Waals surface area contributed by atoms with Gasteiger partial charge in [0.2, 0.25) is 0 Å². The van der Waals surface area contributed by atoms with Gasteiger partial charge in [0.1, 0.15) is 0 Å². The van der Waals surface area contributed by atoms with Gasteiger partial charge in [-0.1, -0.05) is 26.8 Å². The van der Waals surface area contributed by atoms with Crippen molar-refractivity contribution in [1.82, 2.24) is 4.98 Å². The molecule has 0 saturated heterocycles. The summed E-state index contributed by atoms with van der Waals surface area (Å²) < 4.78 is 0. The topological polar surface area (TPSA) is 12.9 Å². The van der Waals surface area contributed by atoms with Crippen molar-refractivity contribution in [2.45, 2.75) is 27.2 Å². The summed E-state index contributed by atoms with van der Waals surface area (Å²) in [4.78, 5) is 4.31. The van der Waals surface area contributed by atoms with Gasteiger partial charge in [0, 0.05) is 33.0 Å². The molecule has 2 rings (SSSR count). The van der Waals surface area contributed by atoms with E-state index in [4.69, 9.17) is 0 Å². The van der Waals surface area contributed by atoms with Gasteiger partial charge < -0.3 is 0 Å². The van der Waals surface area contributed by atoms with Crippen molar-refractivity contribution in [2.75, 3.05) is 0 Å². The van der Waals surface area contributed by atoms with Gasteiger partial charge in [-0.2, -0.15) is 24.3 Å². The molecule has 1 heterocycles. The summed E-state index contributed by atoms with van der Waals surface area (Å²) in [6, 6.07) is 11.1. The standard InChI is InChI=1S/C11H10N.C2H6.W/c1-2-11-7-9-5-3-4-6-10(9)8-12-11;1-2;/h4-8H,2H2,1H3;1-2H3;/q-1;;. The number of hydrogen-bond acceptors (Lipinski definition) is 1. The van der Waals surface area contributed by atoms with Crippen molar-refractivity contribution < 1.29 is 21.1 Å². The summed E-state index contributed by atoms with van der Waals surface area (Å²) in [5.41, 5.74) is 1.14. The summed E-state index contributed by atoms with van der Waals surface area (Å²) in [6.45, 7) is 6.11. The van der Waals surface area contributed by atoms with Gasteiger partial charge in [-0.05, 0) is 6.42 Å². The third kappa shape index (κ3) is 3.75. The molecule has 0 spiro atoms. The molecule has 0 bridgehead atoms. The first-order chi connectivity index (χ1) is 6.90. The maximum Gasteiger partial charge on any atom is 0.0285 e. The molecule has 0 saturated carbocycles. The van der Waals surface area contributed by atoms with Crippen LogP contribution < -0.4 is 0 Å². The van der Waals surface area contributed by atoms with Gasteiger partial charge in [-0.25, -0.2) is 0 Å². The summed E-state index contributed by atoms with van der Waals surface area (Å²) in [5.74, 6) is 0. The predicted octanol–water partition coefficient (Wildman–Crippen LogP) is 3.62. The van der Waals surface area contributed by atoms with Crippen LogP contribution in [0.1, 0.15) is 26.5 Å². The second kappa shape index (κ2) is 7.59. The molecule has 0 aliphatic carbocycles. The summed E-state index contributed by atoms with van der Waals surface area (Å²) in [6.07, 6.45) is 2.91. The number of fused-ring (bicyclic) bond motifs is 1. The Hall–Kier alpha value is -0.682. The van der Waals surface area contributed by atoms with Crippen LogP contribution in [-0.2, 0) is 27.5 Å². The van der Waals surface area contributed by atoms with E-state index >= 15 is 0 Å². The maximum absolute atomic E-state index is 4.31. The van der Waals surface area contributed by atoms with Crippen molar-refractivity contribution in [2.24, 2.45) is 0 Å². The molecule has 0 atom stereocenters. The second-order valence-electron chi connectivity index (χ2n) is 2.80. The number of nitrogens with zero attached hydrogens (tertiary/aromatic N) is 1. The van der Waals surface area contributed by atoms with Gasteiger partial charge >= 0.3 is 0 Å². The molecule has 80 valence electrons. The van der Waals surface area contributed by atoms with Crippen LogP contribution >= 0.6 is 0 Å². The summed E-state index contributed by atoms with van der Waals surface area (Å²) in [5, 5.41) is 2.41. The largest absolute Gasteiger partial charge is 0.264 e. The number of benzene rings is 1. The van der Waals surface area contributed by atoms with Gasteiger partial charge in [-0.3, -0.25) is 4.98 Å². The number of hydrogen-bond donors (Lipinski definition) is 0. The SMILES string of the molecule is CC.CCc1cc2c[c-]ccc2cn1.[W]. The van der Waals surface area contributed by atoms with Gasteiger partial charge in [0.05, 0.1) is 0 Å². The molecule has 0 aliphatic rings. The van der Waals surface area contributed by atoms with Crippen molar-refractivity contribution in [1.29, 1.82) is 0 Å². The second-order valence-corrected chi connectivity index (χ2v) is 2.80. The Kier molecular flexibility index (Phi) is 7.24. The zero-order valence-electron chi connectivity index (χ0n) is 9.45. The van der Waals surface area contributed by atoms with Crippen molar-refractivity contribution in [3.63, 3.8) is 0 Å². The van der Waals surface area contributed by atoms with Crippen LogP contribution in [0.2, 0.25) is 0 Å². The van der Waals surface area contributed by atoms with E-state index in [2.05, 4.69) is 24.0 Å². The van der Waals surface area contributed by atoms with E-state index in [0.29, 0.717) is 0 Å². The molecule has 0 fully saturated rings. The van der Waals surface area contributed by atoms with Crippen LogP contribution in [0.4, 0.5) is 0 Å². The molecule has 0 unspecified atom stereocenters. The molecule has 1 aromatic carbocycles. The fraction of sp³-hybridized carbons (Fsp3) is 0.308. The zero-order chi connectivity index (χ0) is 10.4. The minimum Gasteiger partial charge on any atom is -0.264 e. The van der Waals surface area contributed by atoms with Crippen LogP contribution in [0, 0.1) is 6.07 Å². The molecular weight excluding hydrogens is 354 g/mol. The first kappa shape index (κ1) is 14.3. The van der Waals surface area contributed by atoms with Crippen LogP contribution in [0.25, 0.3) is 10.8 Å². The quantitative estimate of drug-likeness (QED) is 0.699. The molecule has 0 radical (unpaired) electrons. The van der Waals surface area contributed by atoms with Crippen molar-refractivity contribution >= 4 is 10.8 Å². The normalized spacial score (nSPS) is 8.73. The Morgan fingerprint density at radius 3 is 2.67 bits per heavy atom. The molecule has 1 aromatic heterocycles. The fourth-order valence-electron chi connectivity index (χ4n) is 1.26. The number of rotatable bonds is 1. The predicted molar refractivity (Wildman–Crippen MR) is 61.3 cm³/mol. The molecular formula is C13H16NW-. The zero-order valence-corrected chi connectivity index (χ0v) is 12.4. The number of pyridine rings is 1. The molecule has 2 aromatic rings. The number of aryl methyl sites for hydroxylation is 1. The Bertz CT molecular complexity index is 398. The van der Waals surface area contributed by atoms with Crippen LogP contribution in [0.15, 0.2) is 30.5 Å². The molecule has 15 heavy (non-hydrogen) atoms. The monoisotopic (exact) mass is 370 g/mol. The van der Waals surface area contributed by atoms with Gasteiger partial charge in [-0.15, -0.1) is 10.8 Å². The molecule has 0 aliphatic heterocycles. The fourth-order valence-corrected chi connectivity index (χ4v) is 1.26. The average Bonchev–Trinajstić information content (AvgIpc) is 2.31. The third-order valence-electron chi connectivity index (χ3n) is 1.99. The molecule has 1 nitrogen and oxygen atoms in total. The molecule has 0 N–H and O–H groups in total. The van der Waals surface area contributed by atoms with E-state index in [1.807, 2.05) is 38.2 Å².